The quantitative estimate of drug-likeness (QED) is 0.730. The van der Waals surface area contributed by atoms with Gasteiger partial charge in [0.2, 0.25) is 0 Å². The summed E-state index contributed by atoms with van der Waals surface area (Å²) >= 11 is 0. The maximum absolute atomic E-state index is 10.2. The van der Waals surface area contributed by atoms with E-state index < -0.39 is 5.97 Å². The van der Waals surface area contributed by atoms with Crippen molar-refractivity contribution in [2.45, 2.75) is 26.2 Å². The molecule has 0 aliphatic rings. The molecule has 0 aliphatic carbocycles. The van der Waals surface area contributed by atoms with Gasteiger partial charge in [0.1, 0.15) is 5.75 Å². The summed E-state index contributed by atoms with van der Waals surface area (Å²) in [6.07, 6.45) is 1.72. The average Bonchev–Trinajstić information content (AvgIpc) is 2.25. The van der Waals surface area contributed by atoms with Gasteiger partial charge in [-0.15, -0.1) is 0 Å². The van der Waals surface area contributed by atoms with Crippen LogP contribution in [0.3, 0.4) is 0 Å². The Kier molecular flexibility index (Phi) is 4.68. The van der Waals surface area contributed by atoms with Crippen molar-refractivity contribution >= 4 is 5.97 Å². The number of hydrogen-bond acceptors (Lipinski definition) is 2. The first-order valence-electron chi connectivity index (χ1n) is 5.16. The highest BCUT2D eigenvalue weighted by atomic mass is 16.5. The summed E-state index contributed by atoms with van der Waals surface area (Å²) in [7, 11) is 0. The van der Waals surface area contributed by atoms with Crippen molar-refractivity contribution in [1.29, 1.82) is 0 Å². The molecule has 15 heavy (non-hydrogen) atoms. The molecule has 1 aromatic rings. The molecule has 0 fully saturated rings. The molecule has 0 radical (unpaired) electrons. The molecule has 0 unspecified atom stereocenters. The van der Waals surface area contributed by atoms with Crippen molar-refractivity contribution in [3.63, 3.8) is 0 Å². The summed E-state index contributed by atoms with van der Waals surface area (Å²) in [4.78, 5) is 10.2. The number of hydrogen-bond donors (Lipinski definition) is 1. The van der Waals surface area contributed by atoms with Crippen LogP contribution in [-0.2, 0) is 11.2 Å². The highest BCUT2D eigenvalue weighted by Crippen LogP contribution is 2.12. The monoisotopic (exact) mass is 208 g/mol. The fourth-order valence-electron chi connectivity index (χ4n) is 1.23. The van der Waals surface area contributed by atoms with Crippen molar-refractivity contribution in [2.75, 3.05) is 6.61 Å². The van der Waals surface area contributed by atoms with Gasteiger partial charge in [0, 0.05) is 6.42 Å². The molecule has 3 heteroatoms. The van der Waals surface area contributed by atoms with E-state index in [0.29, 0.717) is 13.0 Å². The van der Waals surface area contributed by atoms with Crippen LogP contribution in [0.15, 0.2) is 24.3 Å². The van der Waals surface area contributed by atoms with E-state index in [4.69, 9.17) is 9.84 Å². The molecule has 0 aromatic heterocycles. The summed E-state index contributed by atoms with van der Waals surface area (Å²) in [5.74, 6) is 0.0255. The molecular weight excluding hydrogens is 192 g/mol. The first-order chi connectivity index (χ1) is 7.22. The Hall–Kier alpha value is -1.51. The second kappa shape index (κ2) is 6.06. The number of carboxylic acid groups (broad SMARTS) is 1. The molecule has 0 saturated carbocycles. The van der Waals surface area contributed by atoms with E-state index >= 15 is 0 Å². The predicted octanol–water partition coefficient (Wildman–Crippen LogP) is 2.49. The largest absolute Gasteiger partial charge is 0.494 e. The van der Waals surface area contributed by atoms with Gasteiger partial charge in [-0.05, 0) is 30.5 Å². The minimum absolute atomic E-state index is 0.160. The van der Waals surface area contributed by atoms with Crippen LogP contribution in [0.4, 0.5) is 0 Å². The van der Waals surface area contributed by atoms with Gasteiger partial charge < -0.3 is 9.84 Å². The van der Waals surface area contributed by atoms with Gasteiger partial charge in [-0.2, -0.15) is 0 Å². The van der Waals surface area contributed by atoms with Crippen LogP contribution < -0.4 is 4.74 Å². The fourth-order valence-corrected chi connectivity index (χ4v) is 1.23. The van der Waals surface area contributed by atoms with Gasteiger partial charge in [-0.25, -0.2) is 0 Å². The topological polar surface area (TPSA) is 46.5 Å². The third-order valence-corrected chi connectivity index (χ3v) is 2.14. The average molecular weight is 208 g/mol. The highest BCUT2D eigenvalue weighted by Gasteiger charge is 1.97. The first kappa shape index (κ1) is 11.6. The molecule has 0 heterocycles. The normalized spacial score (nSPS) is 9.93. The minimum Gasteiger partial charge on any atom is -0.494 e. The maximum Gasteiger partial charge on any atom is 0.303 e. The molecule has 3 nitrogen and oxygen atoms in total. The number of benzene rings is 1. The number of aliphatic carboxylic acids is 1. The molecule has 0 saturated heterocycles. The lowest BCUT2D eigenvalue weighted by Crippen LogP contribution is -2.01. The number of carboxylic acids is 1. The zero-order valence-corrected chi connectivity index (χ0v) is 8.90. The van der Waals surface area contributed by atoms with E-state index in [1.165, 1.54) is 5.56 Å². The Bertz CT molecular complexity index is 303. The molecule has 1 N–H and O–H groups in total. The van der Waals surface area contributed by atoms with E-state index in [2.05, 4.69) is 6.92 Å². The van der Waals surface area contributed by atoms with Crippen LogP contribution in [0.25, 0.3) is 0 Å². The van der Waals surface area contributed by atoms with Crippen molar-refractivity contribution in [3.8, 4) is 5.75 Å². The zero-order chi connectivity index (χ0) is 11.1. The van der Waals surface area contributed by atoms with E-state index in [9.17, 15) is 4.79 Å². The molecule has 0 amide bonds. The van der Waals surface area contributed by atoms with Crippen molar-refractivity contribution in [3.05, 3.63) is 29.8 Å². The van der Waals surface area contributed by atoms with Gasteiger partial charge in [0.15, 0.2) is 0 Å². The highest BCUT2D eigenvalue weighted by molar-refractivity contribution is 5.66. The lowest BCUT2D eigenvalue weighted by molar-refractivity contribution is -0.137. The molecule has 0 bridgehead atoms. The summed E-state index contributed by atoms with van der Waals surface area (Å²) < 4.78 is 5.39. The van der Waals surface area contributed by atoms with Gasteiger partial charge >= 0.3 is 5.97 Å². The number of ether oxygens (including phenoxy) is 1. The minimum atomic E-state index is -0.778. The number of rotatable bonds is 6. The first-order valence-corrected chi connectivity index (χ1v) is 5.16. The summed E-state index contributed by atoms with van der Waals surface area (Å²) in [6, 6.07) is 7.87. The van der Waals surface area contributed by atoms with E-state index in [0.717, 1.165) is 12.2 Å². The SMILES string of the molecule is CCc1ccc(OCCCC(=O)O)cc1. The van der Waals surface area contributed by atoms with Crippen LogP contribution in [-0.4, -0.2) is 17.7 Å². The smallest absolute Gasteiger partial charge is 0.303 e. The van der Waals surface area contributed by atoms with Crippen LogP contribution in [0.2, 0.25) is 0 Å². The Labute approximate surface area is 89.7 Å². The van der Waals surface area contributed by atoms with Crippen molar-refractivity contribution in [1.82, 2.24) is 0 Å². The third-order valence-electron chi connectivity index (χ3n) is 2.14. The summed E-state index contributed by atoms with van der Waals surface area (Å²) in [5.41, 5.74) is 1.27. The summed E-state index contributed by atoms with van der Waals surface area (Å²) in [6.45, 7) is 2.56. The van der Waals surface area contributed by atoms with Gasteiger partial charge in [0.25, 0.3) is 0 Å². The fraction of sp³-hybridized carbons (Fsp3) is 0.417. The van der Waals surface area contributed by atoms with Crippen LogP contribution in [0.1, 0.15) is 25.3 Å². The third kappa shape index (κ3) is 4.49. The van der Waals surface area contributed by atoms with E-state index in [-0.39, 0.29) is 6.42 Å². The van der Waals surface area contributed by atoms with Crippen LogP contribution in [0, 0.1) is 0 Å². The number of carbonyl (C=O) groups is 1. The second-order valence-electron chi connectivity index (χ2n) is 3.34. The predicted molar refractivity (Wildman–Crippen MR) is 58.2 cm³/mol. The zero-order valence-electron chi connectivity index (χ0n) is 8.90. The van der Waals surface area contributed by atoms with Crippen LogP contribution >= 0.6 is 0 Å². The van der Waals surface area contributed by atoms with Gasteiger partial charge in [-0.3, -0.25) is 4.79 Å². The molecule has 0 aliphatic heterocycles. The van der Waals surface area contributed by atoms with E-state index in [1.807, 2.05) is 24.3 Å². The summed E-state index contributed by atoms with van der Waals surface area (Å²) in [5, 5.41) is 8.42. The van der Waals surface area contributed by atoms with Crippen molar-refractivity contribution < 1.29 is 14.6 Å². The van der Waals surface area contributed by atoms with Crippen LogP contribution in [0.5, 0.6) is 5.75 Å². The lowest BCUT2D eigenvalue weighted by atomic mass is 10.2. The standard InChI is InChI=1S/C12H16O3/c1-2-10-5-7-11(8-6-10)15-9-3-4-12(13)14/h5-8H,2-4,9H2,1H3,(H,13,14). The second-order valence-corrected chi connectivity index (χ2v) is 3.34. The number of aryl methyl sites for hydroxylation is 1. The molecule has 82 valence electrons. The molecule has 1 rings (SSSR count). The molecule has 0 atom stereocenters. The van der Waals surface area contributed by atoms with E-state index in [1.54, 1.807) is 0 Å². The van der Waals surface area contributed by atoms with Gasteiger partial charge in [0.05, 0.1) is 6.61 Å². The Morgan fingerprint density at radius 1 is 1.33 bits per heavy atom. The molecule has 0 spiro atoms. The maximum atomic E-state index is 10.2. The Morgan fingerprint density at radius 3 is 2.53 bits per heavy atom. The molecular formula is C12H16O3. The van der Waals surface area contributed by atoms with Gasteiger partial charge in [-0.1, -0.05) is 19.1 Å². The van der Waals surface area contributed by atoms with Crippen molar-refractivity contribution in [2.24, 2.45) is 0 Å². The lowest BCUT2D eigenvalue weighted by Gasteiger charge is -2.05. The Morgan fingerprint density at radius 2 is 2.00 bits per heavy atom. The Balaban J connectivity index is 2.28. The molecule has 1 aromatic carbocycles.